The first-order valence-electron chi connectivity index (χ1n) is 6.98. The van der Waals surface area contributed by atoms with Crippen LogP contribution < -0.4 is 14.8 Å². The summed E-state index contributed by atoms with van der Waals surface area (Å²) in [6, 6.07) is 4.89. The number of nitrogens with one attached hydrogen (secondary N) is 1. The molecule has 6 heteroatoms. The van der Waals surface area contributed by atoms with Crippen LogP contribution >= 0.6 is 0 Å². The van der Waals surface area contributed by atoms with Gasteiger partial charge in [-0.2, -0.15) is 0 Å². The Labute approximate surface area is 123 Å². The van der Waals surface area contributed by atoms with Crippen molar-refractivity contribution in [3.05, 3.63) is 18.2 Å². The van der Waals surface area contributed by atoms with Gasteiger partial charge in [0.1, 0.15) is 17.5 Å². The van der Waals surface area contributed by atoms with Crippen LogP contribution in [0.3, 0.4) is 0 Å². The van der Waals surface area contributed by atoms with Crippen molar-refractivity contribution in [1.29, 1.82) is 0 Å². The highest BCUT2D eigenvalue weighted by Gasteiger charge is 2.46. The van der Waals surface area contributed by atoms with Gasteiger partial charge in [-0.3, -0.25) is 14.5 Å². The zero-order valence-electron chi connectivity index (χ0n) is 12.1. The maximum atomic E-state index is 12.3. The minimum absolute atomic E-state index is 0.0955. The number of benzene rings is 1. The molecular weight excluding hydrogens is 272 g/mol. The van der Waals surface area contributed by atoms with E-state index >= 15 is 0 Å². The summed E-state index contributed by atoms with van der Waals surface area (Å²) in [7, 11) is 3.13. The molecule has 1 N–H and O–H groups in total. The summed E-state index contributed by atoms with van der Waals surface area (Å²) in [4.78, 5) is 25.7. The Bertz CT molecular complexity index is 583. The lowest BCUT2D eigenvalue weighted by Crippen LogP contribution is -2.36. The Morgan fingerprint density at radius 2 is 1.95 bits per heavy atom. The topological polar surface area (TPSA) is 67.9 Å². The second-order valence-corrected chi connectivity index (χ2v) is 5.30. The number of rotatable bonds is 5. The molecule has 0 bridgehead atoms. The lowest BCUT2D eigenvalue weighted by molar-refractivity contribution is -0.139. The Kier molecular flexibility index (Phi) is 3.45. The van der Waals surface area contributed by atoms with Gasteiger partial charge in [-0.05, 0) is 25.0 Å². The van der Waals surface area contributed by atoms with Crippen LogP contribution in [0, 0.1) is 0 Å². The van der Waals surface area contributed by atoms with E-state index in [0.29, 0.717) is 17.2 Å². The molecule has 3 rings (SSSR count). The normalized spacial score (nSPS) is 21.6. The number of likely N-dealkylation sites (tertiary alicyclic amines) is 1. The fraction of sp³-hybridized carbons (Fsp3) is 0.467. The molecule has 1 unspecified atom stereocenters. The van der Waals surface area contributed by atoms with Gasteiger partial charge in [0.25, 0.3) is 5.91 Å². The van der Waals surface area contributed by atoms with Gasteiger partial charge in [0.2, 0.25) is 5.91 Å². The number of carbonyl (C=O) groups is 2. The molecule has 1 saturated heterocycles. The predicted molar refractivity (Wildman–Crippen MR) is 76.4 cm³/mol. The molecule has 1 aromatic rings. The number of ether oxygens (including phenoxy) is 2. The van der Waals surface area contributed by atoms with Crippen LogP contribution in [0.25, 0.3) is 0 Å². The zero-order chi connectivity index (χ0) is 15.0. The summed E-state index contributed by atoms with van der Waals surface area (Å²) in [5.74, 6) is 1.03. The molecule has 1 atom stereocenters. The highest BCUT2D eigenvalue weighted by atomic mass is 16.5. The van der Waals surface area contributed by atoms with Gasteiger partial charge < -0.3 is 14.8 Å². The first-order valence-corrected chi connectivity index (χ1v) is 6.98. The van der Waals surface area contributed by atoms with Crippen molar-refractivity contribution in [2.45, 2.75) is 31.3 Å². The third kappa shape index (κ3) is 2.53. The fourth-order valence-electron chi connectivity index (χ4n) is 2.59. The van der Waals surface area contributed by atoms with Crippen molar-refractivity contribution in [2.75, 3.05) is 19.5 Å². The maximum absolute atomic E-state index is 12.3. The molecule has 2 fully saturated rings. The standard InChI is InChI=1S/C15H18N2O4/c1-20-10-5-6-13(21-2)11(7-10)16-12-8-14(18)17(15(12)19)9-3-4-9/h5-7,9,12,16H,3-4,8H2,1-2H3. The third-order valence-electron chi connectivity index (χ3n) is 3.83. The van der Waals surface area contributed by atoms with Crippen LogP contribution in [0.5, 0.6) is 11.5 Å². The Morgan fingerprint density at radius 3 is 2.57 bits per heavy atom. The second kappa shape index (κ2) is 5.27. The van der Waals surface area contributed by atoms with E-state index in [9.17, 15) is 9.59 Å². The first-order chi connectivity index (χ1) is 10.1. The Balaban J connectivity index is 1.80. The molecule has 1 aliphatic heterocycles. The maximum Gasteiger partial charge on any atom is 0.252 e. The molecule has 112 valence electrons. The van der Waals surface area contributed by atoms with Crippen molar-refractivity contribution < 1.29 is 19.1 Å². The van der Waals surface area contributed by atoms with Crippen LogP contribution in [0.15, 0.2) is 18.2 Å². The van der Waals surface area contributed by atoms with Crippen LogP contribution in [0.4, 0.5) is 5.69 Å². The Morgan fingerprint density at radius 1 is 1.19 bits per heavy atom. The summed E-state index contributed by atoms with van der Waals surface area (Å²) in [6.45, 7) is 0. The minimum atomic E-state index is -0.529. The average Bonchev–Trinajstić information content (AvgIpc) is 3.27. The van der Waals surface area contributed by atoms with Gasteiger partial charge in [-0.25, -0.2) is 0 Å². The summed E-state index contributed by atoms with van der Waals surface area (Å²) in [5, 5.41) is 3.11. The van der Waals surface area contributed by atoms with Crippen molar-refractivity contribution in [2.24, 2.45) is 0 Å². The Hall–Kier alpha value is -2.24. The number of carbonyl (C=O) groups excluding carboxylic acids is 2. The van der Waals surface area contributed by atoms with Crippen molar-refractivity contribution in [3.63, 3.8) is 0 Å². The van der Waals surface area contributed by atoms with E-state index in [4.69, 9.17) is 9.47 Å². The van der Waals surface area contributed by atoms with E-state index in [-0.39, 0.29) is 24.3 Å². The van der Waals surface area contributed by atoms with Gasteiger partial charge >= 0.3 is 0 Å². The SMILES string of the molecule is COc1ccc(OC)c(NC2CC(=O)N(C3CC3)C2=O)c1. The van der Waals surface area contributed by atoms with Gasteiger partial charge in [0.15, 0.2) is 0 Å². The molecule has 0 spiro atoms. The molecule has 1 aliphatic carbocycles. The van der Waals surface area contributed by atoms with Crippen molar-refractivity contribution in [1.82, 2.24) is 4.90 Å². The van der Waals surface area contributed by atoms with Crippen LogP contribution in [-0.2, 0) is 9.59 Å². The van der Waals surface area contributed by atoms with Crippen molar-refractivity contribution >= 4 is 17.5 Å². The number of nitrogens with zero attached hydrogens (tertiary/aromatic N) is 1. The molecule has 6 nitrogen and oxygen atoms in total. The van der Waals surface area contributed by atoms with Gasteiger partial charge in [-0.15, -0.1) is 0 Å². The summed E-state index contributed by atoms with van der Waals surface area (Å²) in [6.07, 6.45) is 2.04. The van der Waals surface area contributed by atoms with Crippen LogP contribution in [0.1, 0.15) is 19.3 Å². The quantitative estimate of drug-likeness (QED) is 0.830. The van der Waals surface area contributed by atoms with Crippen LogP contribution in [0.2, 0.25) is 0 Å². The second-order valence-electron chi connectivity index (χ2n) is 5.30. The molecule has 0 aromatic heterocycles. The summed E-state index contributed by atoms with van der Waals surface area (Å²) >= 11 is 0. The van der Waals surface area contributed by atoms with E-state index in [1.54, 1.807) is 32.4 Å². The molecule has 0 radical (unpaired) electrons. The minimum Gasteiger partial charge on any atom is -0.497 e. The number of amides is 2. The molecule has 21 heavy (non-hydrogen) atoms. The number of anilines is 1. The van der Waals surface area contributed by atoms with Crippen molar-refractivity contribution in [3.8, 4) is 11.5 Å². The monoisotopic (exact) mass is 290 g/mol. The summed E-state index contributed by atoms with van der Waals surface area (Å²) < 4.78 is 10.5. The van der Waals surface area contributed by atoms with E-state index in [0.717, 1.165) is 12.8 Å². The highest BCUT2D eigenvalue weighted by molar-refractivity contribution is 6.07. The smallest absolute Gasteiger partial charge is 0.252 e. The predicted octanol–water partition coefficient (Wildman–Crippen LogP) is 1.41. The molecule has 1 aromatic carbocycles. The number of hydrogen-bond acceptors (Lipinski definition) is 5. The lowest BCUT2D eigenvalue weighted by atomic mass is 10.2. The summed E-state index contributed by atoms with van der Waals surface area (Å²) in [5.41, 5.74) is 0.653. The molecule has 1 heterocycles. The average molecular weight is 290 g/mol. The largest absolute Gasteiger partial charge is 0.497 e. The van der Waals surface area contributed by atoms with Gasteiger partial charge in [0, 0.05) is 12.1 Å². The molecule has 2 amide bonds. The van der Waals surface area contributed by atoms with Gasteiger partial charge in [-0.1, -0.05) is 0 Å². The van der Waals surface area contributed by atoms with E-state index < -0.39 is 6.04 Å². The molecular formula is C15H18N2O4. The highest BCUT2D eigenvalue weighted by Crippen LogP contribution is 2.34. The number of imide groups is 1. The molecule has 2 aliphatic rings. The van der Waals surface area contributed by atoms with E-state index in [1.165, 1.54) is 4.90 Å². The third-order valence-corrected chi connectivity index (χ3v) is 3.83. The number of hydrogen-bond donors (Lipinski definition) is 1. The number of methoxy groups -OCH3 is 2. The van der Waals surface area contributed by atoms with E-state index in [2.05, 4.69) is 5.32 Å². The fourth-order valence-corrected chi connectivity index (χ4v) is 2.59. The van der Waals surface area contributed by atoms with Gasteiger partial charge in [0.05, 0.1) is 26.3 Å². The zero-order valence-corrected chi connectivity index (χ0v) is 12.1. The van der Waals surface area contributed by atoms with E-state index in [1.807, 2.05) is 0 Å². The first kappa shape index (κ1) is 13.7. The molecule has 1 saturated carbocycles. The lowest BCUT2D eigenvalue weighted by Gasteiger charge is -2.17. The van der Waals surface area contributed by atoms with Crippen LogP contribution in [-0.4, -0.2) is 43.0 Å².